The van der Waals surface area contributed by atoms with Gasteiger partial charge in [-0.25, -0.2) is 4.98 Å². The molecule has 1 N–H and O–H groups in total. The Morgan fingerprint density at radius 2 is 1.92 bits per heavy atom. The lowest BCUT2D eigenvalue weighted by atomic mass is 9.95. The second kappa shape index (κ2) is 6.95. The third kappa shape index (κ3) is 3.53. The summed E-state index contributed by atoms with van der Waals surface area (Å²) in [5.41, 5.74) is 1.12. The lowest BCUT2D eigenvalue weighted by Crippen LogP contribution is -2.44. The Hall–Kier alpha value is -1.43. The van der Waals surface area contributed by atoms with Gasteiger partial charge in [0.05, 0.1) is 5.69 Å². The Morgan fingerprint density at radius 3 is 2.54 bits per heavy atom. The first kappa shape index (κ1) is 18.0. The van der Waals surface area contributed by atoms with E-state index in [4.69, 9.17) is 0 Å². The van der Waals surface area contributed by atoms with Crippen molar-refractivity contribution in [3.63, 3.8) is 0 Å². The van der Waals surface area contributed by atoms with Gasteiger partial charge >= 0.3 is 0 Å². The average molecular weight is 376 g/mol. The number of hydrogen-bond donors (Lipinski definition) is 1. The summed E-state index contributed by atoms with van der Waals surface area (Å²) in [5, 5.41) is 3.75. The molecule has 0 bridgehead atoms. The molecule has 3 aliphatic rings. The van der Waals surface area contributed by atoms with Crippen molar-refractivity contribution in [1.29, 1.82) is 0 Å². The second-order valence-electron chi connectivity index (χ2n) is 8.45. The molecule has 5 atom stereocenters. The van der Waals surface area contributed by atoms with Crippen LogP contribution >= 0.6 is 11.3 Å². The minimum absolute atomic E-state index is 0.116. The van der Waals surface area contributed by atoms with Crippen molar-refractivity contribution in [2.45, 2.75) is 65.3 Å². The molecule has 0 radical (unpaired) electrons. The van der Waals surface area contributed by atoms with Gasteiger partial charge in [0.25, 0.3) is 0 Å². The van der Waals surface area contributed by atoms with Crippen molar-refractivity contribution < 1.29 is 9.59 Å². The third-order valence-electron chi connectivity index (χ3n) is 6.21. The van der Waals surface area contributed by atoms with Crippen LogP contribution in [0.4, 0.5) is 5.13 Å². The molecular formula is C20H29N3O2S. The Morgan fingerprint density at radius 1 is 1.23 bits per heavy atom. The van der Waals surface area contributed by atoms with E-state index in [1.54, 1.807) is 11.3 Å². The monoisotopic (exact) mass is 375 g/mol. The maximum absolute atomic E-state index is 12.8. The highest BCUT2D eigenvalue weighted by Gasteiger charge is 2.43. The molecule has 0 aromatic carbocycles. The smallest absolute Gasteiger partial charge is 0.229 e. The van der Waals surface area contributed by atoms with Gasteiger partial charge < -0.3 is 10.2 Å². The van der Waals surface area contributed by atoms with E-state index in [-0.39, 0.29) is 23.8 Å². The number of aryl methyl sites for hydroxylation is 1. The van der Waals surface area contributed by atoms with Gasteiger partial charge in [-0.1, -0.05) is 20.8 Å². The summed E-state index contributed by atoms with van der Waals surface area (Å²) in [6, 6.07) is 0.287. The fourth-order valence-corrected chi connectivity index (χ4v) is 5.24. The van der Waals surface area contributed by atoms with Crippen molar-refractivity contribution in [3.05, 3.63) is 10.6 Å². The molecule has 4 rings (SSSR count). The topological polar surface area (TPSA) is 62.3 Å². The van der Waals surface area contributed by atoms with Gasteiger partial charge in [0.15, 0.2) is 5.13 Å². The van der Waals surface area contributed by atoms with Gasteiger partial charge in [-0.3, -0.25) is 9.59 Å². The number of nitrogens with one attached hydrogen (secondary N) is 1. The SMILES string of the molecule is CCCN(C(=O)C1CC1C)[C@@H]1CCc2nc(NC(=O)C3CC3C)sc2C1. The Labute approximate surface area is 159 Å². The number of fused-ring (bicyclic) bond motifs is 1. The molecule has 4 unspecified atom stereocenters. The van der Waals surface area contributed by atoms with Crippen LogP contribution in [-0.4, -0.2) is 34.3 Å². The van der Waals surface area contributed by atoms with Crippen LogP contribution in [-0.2, 0) is 22.4 Å². The molecule has 1 aromatic rings. The number of hydrogen-bond acceptors (Lipinski definition) is 4. The van der Waals surface area contributed by atoms with Gasteiger partial charge in [0.2, 0.25) is 11.8 Å². The highest BCUT2D eigenvalue weighted by atomic mass is 32.1. The Bertz CT molecular complexity index is 716. The van der Waals surface area contributed by atoms with E-state index in [2.05, 4.69) is 36.0 Å². The lowest BCUT2D eigenvalue weighted by Gasteiger charge is -2.34. The van der Waals surface area contributed by atoms with Crippen molar-refractivity contribution in [3.8, 4) is 0 Å². The quantitative estimate of drug-likeness (QED) is 0.828. The number of amides is 2. The summed E-state index contributed by atoms with van der Waals surface area (Å²) < 4.78 is 0. The first-order valence-electron chi connectivity index (χ1n) is 10.1. The molecule has 5 nitrogen and oxygen atoms in total. The van der Waals surface area contributed by atoms with Crippen LogP contribution in [0.1, 0.15) is 57.0 Å². The molecular weight excluding hydrogens is 346 g/mol. The number of aromatic nitrogens is 1. The molecule has 142 valence electrons. The van der Waals surface area contributed by atoms with E-state index in [0.29, 0.717) is 17.7 Å². The zero-order valence-corrected chi connectivity index (χ0v) is 16.8. The van der Waals surface area contributed by atoms with E-state index in [9.17, 15) is 9.59 Å². The van der Waals surface area contributed by atoms with Gasteiger partial charge in [-0.15, -0.1) is 11.3 Å². The van der Waals surface area contributed by atoms with Gasteiger partial charge in [0, 0.05) is 35.7 Å². The third-order valence-corrected chi connectivity index (χ3v) is 7.24. The molecule has 3 aliphatic carbocycles. The van der Waals surface area contributed by atoms with Crippen molar-refractivity contribution in [1.82, 2.24) is 9.88 Å². The Balaban J connectivity index is 1.43. The zero-order valence-electron chi connectivity index (χ0n) is 16.0. The Kier molecular flexibility index (Phi) is 4.80. The fourth-order valence-electron chi connectivity index (χ4n) is 4.16. The maximum Gasteiger partial charge on any atom is 0.229 e. The van der Waals surface area contributed by atoms with Crippen LogP contribution < -0.4 is 5.32 Å². The van der Waals surface area contributed by atoms with Crippen molar-refractivity contribution in [2.24, 2.45) is 23.7 Å². The average Bonchev–Trinajstić information content (AvgIpc) is 3.48. The van der Waals surface area contributed by atoms with Crippen LogP contribution in [0.2, 0.25) is 0 Å². The molecule has 6 heteroatoms. The predicted molar refractivity (Wildman–Crippen MR) is 103 cm³/mol. The summed E-state index contributed by atoms with van der Waals surface area (Å²) in [6.07, 6.45) is 5.81. The molecule has 2 saturated carbocycles. The first-order valence-corrected chi connectivity index (χ1v) is 10.9. The number of anilines is 1. The largest absolute Gasteiger partial charge is 0.339 e. The molecule has 1 aromatic heterocycles. The summed E-state index contributed by atoms with van der Waals surface area (Å²) in [7, 11) is 0. The summed E-state index contributed by atoms with van der Waals surface area (Å²) in [6.45, 7) is 7.28. The van der Waals surface area contributed by atoms with Gasteiger partial charge in [-0.05, 0) is 43.9 Å². The van der Waals surface area contributed by atoms with E-state index < -0.39 is 0 Å². The summed E-state index contributed by atoms with van der Waals surface area (Å²) in [4.78, 5) is 33.0. The molecule has 2 amide bonds. The van der Waals surface area contributed by atoms with Gasteiger partial charge in [0.1, 0.15) is 0 Å². The van der Waals surface area contributed by atoms with Crippen LogP contribution in [0.25, 0.3) is 0 Å². The maximum atomic E-state index is 12.8. The number of nitrogens with zero attached hydrogens (tertiary/aromatic N) is 2. The highest BCUT2D eigenvalue weighted by molar-refractivity contribution is 7.15. The fraction of sp³-hybridized carbons (Fsp3) is 0.750. The molecule has 0 spiro atoms. The van der Waals surface area contributed by atoms with E-state index in [1.165, 1.54) is 4.88 Å². The standard InChI is InChI=1S/C20H29N3O2S/c1-4-7-23(19(25)15-9-12(15)3)13-5-6-16-17(10-13)26-20(21-16)22-18(24)14-8-11(14)2/h11-15H,4-10H2,1-3H3,(H,21,22,24)/t11?,12?,13-,14?,15?/m1/s1. The summed E-state index contributed by atoms with van der Waals surface area (Å²) in [5.74, 6) is 1.95. The zero-order chi connectivity index (χ0) is 18.4. The molecule has 26 heavy (non-hydrogen) atoms. The van der Waals surface area contributed by atoms with Crippen LogP contribution in [0, 0.1) is 23.7 Å². The minimum Gasteiger partial charge on any atom is -0.339 e. The predicted octanol–water partition coefficient (Wildman–Crippen LogP) is 3.49. The number of carbonyl (C=O) groups excluding carboxylic acids is 2. The molecule has 2 fully saturated rings. The minimum atomic E-state index is 0.116. The van der Waals surface area contributed by atoms with E-state index >= 15 is 0 Å². The van der Waals surface area contributed by atoms with Crippen LogP contribution in [0.5, 0.6) is 0 Å². The molecule has 0 saturated heterocycles. The van der Waals surface area contributed by atoms with E-state index in [1.807, 2.05) is 0 Å². The van der Waals surface area contributed by atoms with Crippen LogP contribution in [0.15, 0.2) is 0 Å². The molecule has 1 heterocycles. The highest BCUT2D eigenvalue weighted by Crippen LogP contribution is 2.41. The summed E-state index contributed by atoms with van der Waals surface area (Å²) >= 11 is 1.60. The van der Waals surface area contributed by atoms with Crippen molar-refractivity contribution >= 4 is 28.3 Å². The first-order chi connectivity index (χ1) is 12.5. The number of thiazole rings is 1. The van der Waals surface area contributed by atoms with Crippen molar-refractivity contribution in [2.75, 3.05) is 11.9 Å². The lowest BCUT2D eigenvalue weighted by molar-refractivity contribution is -0.135. The normalized spacial score (nSPS) is 31.9. The number of rotatable bonds is 6. The number of carbonyl (C=O) groups is 2. The van der Waals surface area contributed by atoms with Gasteiger partial charge in [-0.2, -0.15) is 0 Å². The van der Waals surface area contributed by atoms with Crippen LogP contribution in [0.3, 0.4) is 0 Å². The second-order valence-corrected chi connectivity index (χ2v) is 9.53. The van der Waals surface area contributed by atoms with E-state index in [0.717, 1.165) is 55.9 Å². The molecule has 0 aliphatic heterocycles.